The van der Waals surface area contributed by atoms with E-state index in [0.717, 1.165) is 0 Å². The fourth-order valence-electron chi connectivity index (χ4n) is 1.76. The Bertz CT molecular complexity index is 378. The molecular formula is C10H10FNO2. The number of carboxylic acid groups (broad SMARTS) is 1. The first-order valence-electron chi connectivity index (χ1n) is 4.41. The van der Waals surface area contributed by atoms with Crippen LogP contribution >= 0.6 is 0 Å². The Morgan fingerprint density at radius 1 is 1.57 bits per heavy atom. The van der Waals surface area contributed by atoms with Gasteiger partial charge in [0.05, 0.1) is 5.92 Å². The van der Waals surface area contributed by atoms with Gasteiger partial charge >= 0.3 is 5.97 Å². The van der Waals surface area contributed by atoms with Crippen LogP contribution in [0.2, 0.25) is 0 Å². The first kappa shape index (κ1) is 9.15. The van der Waals surface area contributed by atoms with Gasteiger partial charge in [-0.2, -0.15) is 0 Å². The molecule has 0 spiro atoms. The van der Waals surface area contributed by atoms with Crippen LogP contribution in [0.25, 0.3) is 0 Å². The van der Waals surface area contributed by atoms with E-state index in [-0.39, 0.29) is 5.82 Å². The quantitative estimate of drug-likeness (QED) is 0.705. The van der Waals surface area contributed by atoms with Crippen molar-refractivity contribution in [2.24, 2.45) is 0 Å². The molecule has 14 heavy (non-hydrogen) atoms. The molecule has 1 aliphatic heterocycles. The summed E-state index contributed by atoms with van der Waals surface area (Å²) >= 11 is 0. The molecule has 0 bridgehead atoms. The number of benzene rings is 1. The van der Waals surface area contributed by atoms with E-state index in [2.05, 4.69) is 5.32 Å². The molecule has 0 saturated carbocycles. The molecule has 0 fully saturated rings. The molecule has 2 N–H and O–H groups in total. The van der Waals surface area contributed by atoms with Gasteiger partial charge in [-0.1, -0.05) is 12.1 Å². The van der Waals surface area contributed by atoms with Crippen molar-refractivity contribution >= 4 is 5.97 Å². The van der Waals surface area contributed by atoms with Gasteiger partial charge in [-0.25, -0.2) is 4.39 Å². The molecule has 0 aliphatic carbocycles. The standard InChI is InChI=1S/C10H10FNO2/c11-9-3-1-2-6-7(9)4-12-5-8(6)10(13)14/h1-3,8,12H,4-5H2,(H,13,14). The number of halogens is 1. The molecule has 74 valence electrons. The van der Waals surface area contributed by atoms with E-state index < -0.39 is 11.9 Å². The van der Waals surface area contributed by atoms with Gasteiger partial charge in [0.15, 0.2) is 0 Å². The summed E-state index contributed by atoms with van der Waals surface area (Å²) in [5.74, 6) is -1.88. The van der Waals surface area contributed by atoms with Crippen molar-refractivity contribution in [1.29, 1.82) is 0 Å². The van der Waals surface area contributed by atoms with Crippen LogP contribution in [0.3, 0.4) is 0 Å². The number of carbonyl (C=O) groups is 1. The van der Waals surface area contributed by atoms with Crippen molar-refractivity contribution in [2.45, 2.75) is 12.5 Å². The molecule has 1 aliphatic rings. The van der Waals surface area contributed by atoms with Gasteiger partial charge in [-0.3, -0.25) is 4.79 Å². The van der Waals surface area contributed by atoms with Gasteiger partial charge in [-0.05, 0) is 11.6 Å². The smallest absolute Gasteiger partial charge is 0.312 e. The molecule has 4 heteroatoms. The lowest BCUT2D eigenvalue weighted by Crippen LogP contribution is -2.33. The van der Waals surface area contributed by atoms with E-state index in [1.807, 2.05) is 0 Å². The van der Waals surface area contributed by atoms with E-state index in [1.165, 1.54) is 6.07 Å². The Hall–Kier alpha value is -1.42. The van der Waals surface area contributed by atoms with Gasteiger partial charge in [0.25, 0.3) is 0 Å². The highest BCUT2D eigenvalue weighted by Crippen LogP contribution is 2.25. The molecule has 0 radical (unpaired) electrons. The molecule has 3 nitrogen and oxygen atoms in total. The Kier molecular flexibility index (Phi) is 2.21. The second-order valence-corrected chi connectivity index (χ2v) is 3.33. The minimum absolute atomic E-state index is 0.332. The molecule has 1 aromatic rings. The number of hydrogen-bond acceptors (Lipinski definition) is 2. The molecule has 2 rings (SSSR count). The number of rotatable bonds is 1. The average molecular weight is 195 g/mol. The summed E-state index contributed by atoms with van der Waals surface area (Å²) in [6.07, 6.45) is 0. The first-order chi connectivity index (χ1) is 6.70. The Morgan fingerprint density at radius 3 is 3.07 bits per heavy atom. The normalized spacial score (nSPS) is 20.2. The highest BCUT2D eigenvalue weighted by Gasteiger charge is 2.27. The molecule has 1 heterocycles. The van der Waals surface area contributed by atoms with E-state index in [9.17, 15) is 9.18 Å². The average Bonchev–Trinajstić information content (AvgIpc) is 2.17. The van der Waals surface area contributed by atoms with E-state index >= 15 is 0 Å². The predicted molar refractivity (Wildman–Crippen MR) is 48.5 cm³/mol. The molecule has 0 aromatic heterocycles. The fourth-order valence-corrected chi connectivity index (χ4v) is 1.76. The van der Waals surface area contributed by atoms with Crippen LogP contribution in [-0.4, -0.2) is 17.6 Å². The summed E-state index contributed by atoms with van der Waals surface area (Å²) in [4.78, 5) is 10.9. The molecule has 0 saturated heterocycles. The largest absolute Gasteiger partial charge is 0.481 e. The molecule has 1 aromatic carbocycles. The highest BCUT2D eigenvalue weighted by molar-refractivity contribution is 5.77. The molecule has 0 amide bonds. The molecular weight excluding hydrogens is 185 g/mol. The van der Waals surface area contributed by atoms with Crippen molar-refractivity contribution < 1.29 is 14.3 Å². The van der Waals surface area contributed by atoms with Gasteiger partial charge in [-0.15, -0.1) is 0 Å². The summed E-state index contributed by atoms with van der Waals surface area (Å²) in [5, 5.41) is 11.8. The summed E-state index contributed by atoms with van der Waals surface area (Å²) < 4.78 is 13.3. The van der Waals surface area contributed by atoms with Gasteiger partial charge in [0, 0.05) is 18.7 Å². The van der Waals surface area contributed by atoms with Crippen molar-refractivity contribution in [2.75, 3.05) is 6.54 Å². The number of carboxylic acids is 1. The van der Waals surface area contributed by atoms with E-state index in [0.29, 0.717) is 24.2 Å². The van der Waals surface area contributed by atoms with Crippen molar-refractivity contribution in [3.8, 4) is 0 Å². The fraction of sp³-hybridized carbons (Fsp3) is 0.300. The molecule has 1 unspecified atom stereocenters. The van der Waals surface area contributed by atoms with Crippen LogP contribution in [0.4, 0.5) is 4.39 Å². The van der Waals surface area contributed by atoms with Crippen molar-refractivity contribution in [3.05, 3.63) is 35.1 Å². The summed E-state index contributed by atoms with van der Waals surface area (Å²) in [5.41, 5.74) is 1.07. The summed E-state index contributed by atoms with van der Waals surface area (Å²) in [6.45, 7) is 0.775. The topological polar surface area (TPSA) is 49.3 Å². The predicted octanol–water partition coefficient (Wildman–Crippen LogP) is 1.10. The number of aliphatic carboxylic acids is 1. The second kappa shape index (κ2) is 3.38. The zero-order valence-electron chi connectivity index (χ0n) is 7.46. The van der Waals surface area contributed by atoms with Crippen LogP contribution in [0.5, 0.6) is 0 Å². The lowest BCUT2D eigenvalue weighted by Gasteiger charge is -2.23. The van der Waals surface area contributed by atoms with Crippen molar-refractivity contribution in [3.63, 3.8) is 0 Å². The van der Waals surface area contributed by atoms with Crippen LogP contribution in [0, 0.1) is 5.82 Å². The maximum absolute atomic E-state index is 13.3. The lowest BCUT2D eigenvalue weighted by atomic mass is 9.91. The number of fused-ring (bicyclic) bond motifs is 1. The zero-order chi connectivity index (χ0) is 10.1. The third-order valence-electron chi connectivity index (χ3n) is 2.48. The van der Waals surface area contributed by atoms with E-state index in [4.69, 9.17) is 5.11 Å². The number of hydrogen-bond donors (Lipinski definition) is 2. The second-order valence-electron chi connectivity index (χ2n) is 3.33. The van der Waals surface area contributed by atoms with Gasteiger partial charge in [0.1, 0.15) is 5.82 Å². The van der Waals surface area contributed by atoms with Crippen LogP contribution in [0.15, 0.2) is 18.2 Å². The Morgan fingerprint density at radius 2 is 2.36 bits per heavy atom. The maximum atomic E-state index is 13.3. The Balaban J connectivity index is 2.49. The monoisotopic (exact) mass is 195 g/mol. The van der Waals surface area contributed by atoms with E-state index in [1.54, 1.807) is 12.1 Å². The minimum atomic E-state index is -0.913. The SMILES string of the molecule is O=C(O)C1CNCc2c(F)cccc21. The zero-order valence-corrected chi connectivity index (χ0v) is 7.46. The lowest BCUT2D eigenvalue weighted by molar-refractivity contribution is -0.138. The summed E-state index contributed by atoms with van der Waals surface area (Å²) in [7, 11) is 0. The van der Waals surface area contributed by atoms with Crippen LogP contribution in [0.1, 0.15) is 17.0 Å². The third kappa shape index (κ3) is 1.37. The first-order valence-corrected chi connectivity index (χ1v) is 4.41. The van der Waals surface area contributed by atoms with Gasteiger partial charge < -0.3 is 10.4 Å². The maximum Gasteiger partial charge on any atom is 0.312 e. The summed E-state index contributed by atoms with van der Waals surface area (Å²) in [6, 6.07) is 4.58. The van der Waals surface area contributed by atoms with Gasteiger partial charge in [0.2, 0.25) is 0 Å². The highest BCUT2D eigenvalue weighted by atomic mass is 19.1. The van der Waals surface area contributed by atoms with Crippen LogP contribution < -0.4 is 5.32 Å². The Labute approximate surface area is 80.6 Å². The number of nitrogens with one attached hydrogen (secondary N) is 1. The third-order valence-corrected chi connectivity index (χ3v) is 2.48. The minimum Gasteiger partial charge on any atom is -0.481 e. The van der Waals surface area contributed by atoms with Crippen molar-refractivity contribution in [1.82, 2.24) is 5.32 Å². The van der Waals surface area contributed by atoms with Crippen LogP contribution in [-0.2, 0) is 11.3 Å². The molecule has 1 atom stereocenters.